The van der Waals surface area contributed by atoms with E-state index >= 15 is 0 Å². The van der Waals surface area contributed by atoms with Crippen molar-refractivity contribution in [2.24, 2.45) is 0 Å². The molecule has 168 valence electrons. The standard InChI is InChI=1S/C25H28N2O5/c1-3-31-25(30)23-22-18(15-27-11-9-19(10-12-27)26-16(2)28)13-20(29)14-21(22)32-24(23)17-7-5-4-6-8-17/h4-8,13-14,19,29H,3,9-12,15H2,1-2H3,(H,26,28). The number of amides is 1. The van der Waals surface area contributed by atoms with Crippen molar-refractivity contribution in [3.63, 3.8) is 0 Å². The zero-order valence-corrected chi connectivity index (χ0v) is 18.4. The first-order valence-corrected chi connectivity index (χ1v) is 11.0. The minimum absolute atomic E-state index is 0.0101. The molecule has 0 saturated carbocycles. The molecule has 0 atom stereocenters. The fourth-order valence-corrected chi connectivity index (χ4v) is 4.38. The third kappa shape index (κ3) is 4.62. The Hall–Kier alpha value is -3.32. The lowest BCUT2D eigenvalue weighted by Gasteiger charge is -2.32. The maximum absolute atomic E-state index is 13.0. The highest BCUT2D eigenvalue weighted by molar-refractivity contribution is 6.10. The topological polar surface area (TPSA) is 92.0 Å². The lowest BCUT2D eigenvalue weighted by molar-refractivity contribution is -0.120. The summed E-state index contributed by atoms with van der Waals surface area (Å²) in [4.78, 5) is 26.6. The number of esters is 1. The summed E-state index contributed by atoms with van der Waals surface area (Å²) in [7, 11) is 0. The Morgan fingerprint density at radius 1 is 1.19 bits per heavy atom. The number of nitrogens with one attached hydrogen (secondary N) is 1. The summed E-state index contributed by atoms with van der Waals surface area (Å²) < 4.78 is 11.5. The van der Waals surface area contributed by atoms with Crippen molar-refractivity contribution in [1.82, 2.24) is 10.2 Å². The summed E-state index contributed by atoms with van der Waals surface area (Å²) in [6, 6.07) is 12.8. The van der Waals surface area contributed by atoms with E-state index in [4.69, 9.17) is 9.15 Å². The first kappa shape index (κ1) is 21.9. The molecule has 0 unspecified atom stereocenters. The molecule has 1 fully saturated rings. The number of rotatable bonds is 6. The lowest BCUT2D eigenvalue weighted by atomic mass is 9.99. The van der Waals surface area contributed by atoms with Crippen molar-refractivity contribution >= 4 is 22.8 Å². The third-order valence-corrected chi connectivity index (χ3v) is 5.76. The van der Waals surface area contributed by atoms with Gasteiger partial charge in [0.25, 0.3) is 0 Å². The number of nitrogens with zero attached hydrogens (tertiary/aromatic N) is 1. The highest BCUT2D eigenvalue weighted by Gasteiger charge is 2.27. The minimum Gasteiger partial charge on any atom is -0.508 e. The molecule has 1 saturated heterocycles. The Balaban J connectivity index is 1.72. The molecule has 32 heavy (non-hydrogen) atoms. The molecule has 1 aliphatic rings. The average molecular weight is 437 g/mol. The molecule has 7 nitrogen and oxygen atoms in total. The van der Waals surface area contributed by atoms with E-state index in [0.717, 1.165) is 37.1 Å². The highest BCUT2D eigenvalue weighted by Crippen LogP contribution is 2.38. The Kier molecular flexibility index (Phi) is 6.46. The molecule has 0 aliphatic carbocycles. The van der Waals surface area contributed by atoms with Crippen LogP contribution in [0.25, 0.3) is 22.3 Å². The summed E-state index contributed by atoms with van der Waals surface area (Å²) in [6.45, 7) is 5.73. The van der Waals surface area contributed by atoms with E-state index in [0.29, 0.717) is 28.8 Å². The molecule has 0 bridgehead atoms. The molecule has 3 aromatic rings. The van der Waals surface area contributed by atoms with Crippen LogP contribution in [0.5, 0.6) is 5.75 Å². The predicted octanol–water partition coefficient (Wildman–Crippen LogP) is 4.08. The number of carbonyl (C=O) groups is 2. The van der Waals surface area contributed by atoms with Crippen LogP contribution >= 0.6 is 0 Å². The first-order valence-electron chi connectivity index (χ1n) is 11.0. The van der Waals surface area contributed by atoms with Crippen molar-refractivity contribution in [2.45, 2.75) is 39.3 Å². The number of phenolic OH excluding ortho intramolecular Hbond substituents is 1. The van der Waals surface area contributed by atoms with Gasteiger partial charge in [-0.25, -0.2) is 4.79 Å². The summed E-state index contributed by atoms with van der Waals surface area (Å²) in [5, 5.41) is 14.0. The van der Waals surface area contributed by atoms with Gasteiger partial charge in [0.05, 0.1) is 6.61 Å². The van der Waals surface area contributed by atoms with Crippen LogP contribution in [0.2, 0.25) is 0 Å². The number of aromatic hydroxyl groups is 1. The molecular weight excluding hydrogens is 408 g/mol. The lowest BCUT2D eigenvalue weighted by Crippen LogP contribution is -2.43. The number of likely N-dealkylation sites (tertiary alicyclic amines) is 1. The number of piperidine rings is 1. The van der Waals surface area contributed by atoms with Gasteiger partial charge in [-0.1, -0.05) is 30.3 Å². The van der Waals surface area contributed by atoms with E-state index in [9.17, 15) is 14.7 Å². The smallest absolute Gasteiger partial charge is 0.342 e. The zero-order chi connectivity index (χ0) is 22.7. The number of benzene rings is 2. The Morgan fingerprint density at radius 3 is 2.56 bits per heavy atom. The third-order valence-electron chi connectivity index (χ3n) is 5.76. The Labute approximate surface area is 187 Å². The molecule has 0 spiro atoms. The monoisotopic (exact) mass is 436 g/mol. The van der Waals surface area contributed by atoms with Gasteiger partial charge in [-0.15, -0.1) is 0 Å². The predicted molar refractivity (Wildman–Crippen MR) is 121 cm³/mol. The number of furan rings is 1. The number of hydrogen-bond donors (Lipinski definition) is 2. The Bertz CT molecular complexity index is 1110. The molecule has 2 heterocycles. The van der Waals surface area contributed by atoms with Crippen molar-refractivity contribution in [1.29, 1.82) is 0 Å². The summed E-state index contributed by atoms with van der Waals surface area (Å²) >= 11 is 0. The van der Waals surface area contributed by atoms with Gasteiger partial charge < -0.3 is 19.6 Å². The normalized spacial score (nSPS) is 15.1. The maximum atomic E-state index is 13.0. The van der Waals surface area contributed by atoms with Crippen LogP contribution in [0.4, 0.5) is 0 Å². The number of ether oxygens (including phenoxy) is 1. The molecule has 7 heteroatoms. The molecule has 2 aromatic carbocycles. The van der Waals surface area contributed by atoms with Crippen LogP contribution in [-0.2, 0) is 16.1 Å². The second kappa shape index (κ2) is 9.44. The van der Waals surface area contributed by atoms with E-state index < -0.39 is 5.97 Å². The van der Waals surface area contributed by atoms with Crippen LogP contribution in [0, 0.1) is 0 Å². The van der Waals surface area contributed by atoms with Gasteiger partial charge in [0.2, 0.25) is 5.91 Å². The van der Waals surface area contributed by atoms with Gasteiger partial charge >= 0.3 is 5.97 Å². The number of fused-ring (bicyclic) bond motifs is 1. The van der Waals surface area contributed by atoms with Crippen LogP contribution in [0.15, 0.2) is 46.9 Å². The fourth-order valence-electron chi connectivity index (χ4n) is 4.38. The molecule has 0 radical (unpaired) electrons. The van der Waals surface area contributed by atoms with E-state index in [-0.39, 0.29) is 24.3 Å². The van der Waals surface area contributed by atoms with Gasteiger partial charge in [0.1, 0.15) is 22.7 Å². The van der Waals surface area contributed by atoms with E-state index in [2.05, 4.69) is 10.2 Å². The molecule has 1 amide bonds. The van der Waals surface area contributed by atoms with Crippen molar-refractivity contribution < 1.29 is 23.8 Å². The quantitative estimate of drug-likeness (QED) is 0.566. The van der Waals surface area contributed by atoms with Crippen LogP contribution in [0.3, 0.4) is 0 Å². The van der Waals surface area contributed by atoms with Gasteiger partial charge in [-0.3, -0.25) is 9.69 Å². The van der Waals surface area contributed by atoms with Crippen molar-refractivity contribution in [3.05, 3.63) is 53.6 Å². The summed E-state index contributed by atoms with van der Waals surface area (Å²) in [5.41, 5.74) is 2.42. The zero-order valence-electron chi connectivity index (χ0n) is 18.4. The second-order valence-corrected chi connectivity index (χ2v) is 8.12. The van der Waals surface area contributed by atoms with Gasteiger partial charge in [0.15, 0.2) is 0 Å². The van der Waals surface area contributed by atoms with Gasteiger partial charge in [-0.05, 0) is 31.4 Å². The SMILES string of the molecule is CCOC(=O)c1c(-c2ccccc2)oc2cc(O)cc(CN3CCC(NC(C)=O)CC3)c12. The molecule has 1 aliphatic heterocycles. The highest BCUT2D eigenvalue weighted by atomic mass is 16.5. The summed E-state index contributed by atoms with van der Waals surface area (Å²) in [6.07, 6.45) is 1.71. The number of carbonyl (C=O) groups excluding carboxylic acids is 2. The minimum atomic E-state index is -0.443. The van der Waals surface area contributed by atoms with Crippen molar-refractivity contribution in [2.75, 3.05) is 19.7 Å². The fraction of sp³-hybridized carbons (Fsp3) is 0.360. The largest absolute Gasteiger partial charge is 0.508 e. The number of phenols is 1. The van der Waals surface area contributed by atoms with Crippen molar-refractivity contribution in [3.8, 4) is 17.1 Å². The van der Waals surface area contributed by atoms with Crippen LogP contribution in [0.1, 0.15) is 42.6 Å². The maximum Gasteiger partial charge on any atom is 0.342 e. The second-order valence-electron chi connectivity index (χ2n) is 8.12. The molecule has 4 rings (SSSR count). The van der Waals surface area contributed by atoms with Crippen LogP contribution < -0.4 is 5.32 Å². The average Bonchev–Trinajstić information content (AvgIpc) is 3.15. The van der Waals surface area contributed by atoms with E-state index in [1.807, 2.05) is 30.3 Å². The molecule has 2 N–H and O–H groups in total. The van der Waals surface area contributed by atoms with Gasteiger partial charge in [-0.2, -0.15) is 0 Å². The van der Waals surface area contributed by atoms with E-state index in [1.165, 1.54) is 13.0 Å². The molecule has 1 aromatic heterocycles. The number of hydrogen-bond acceptors (Lipinski definition) is 6. The summed E-state index contributed by atoms with van der Waals surface area (Å²) in [5.74, 6) is 0.0742. The van der Waals surface area contributed by atoms with Gasteiger partial charge in [0, 0.05) is 49.6 Å². The molecular formula is C25H28N2O5. The first-order chi connectivity index (χ1) is 15.5. The van der Waals surface area contributed by atoms with E-state index in [1.54, 1.807) is 13.0 Å². The Morgan fingerprint density at radius 2 is 1.91 bits per heavy atom. The van der Waals surface area contributed by atoms with Crippen LogP contribution in [-0.4, -0.2) is 47.6 Å².